The molecule has 16 heavy (non-hydrogen) atoms. The molecule has 0 aromatic rings. The molecule has 0 aromatic heterocycles. The molecule has 1 aliphatic heterocycles. The van der Waals surface area contributed by atoms with E-state index < -0.39 is 5.41 Å². The van der Waals surface area contributed by atoms with Crippen LogP contribution >= 0.6 is 0 Å². The van der Waals surface area contributed by atoms with E-state index in [1.165, 1.54) is 0 Å². The lowest BCUT2D eigenvalue weighted by atomic mass is 9.69. The molecule has 1 aliphatic carbocycles. The van der Waals surface area contributed by atoms with Crippen LogP contribution in [0.5, 0.6) is 0 Å². The van der Waals surface area contributed by atoms with E-state index >= 15 is 0 Å². The van der Waals surface area contributed by atoms with Gasteiger partial charge in [-0.2, -0.15) is 5.26 Å². The topological polar surface area (TPSA) is 62.1 Å². The Kier molecular flexibility index (Phi) is 3.15. The summed E-state index contributed by atoms with van der Waals surface area (Å²) in [5.74, 6) is 0.320. The molecule has 2 unspecified atom stereocenters. The van der Waals surface area contributed by atoms with Gasteiger partial charge in [-0.1, -0.05) is 0 Å². The average Bonchev–Trinajstić information content (AvgIpc) is 2.60. The Morgan fingerprint density at radius 3 is 2.81 bits per heavy atom. The molecule has 0 aromatic carbocycles. The van der Waals surface area contributed by atoms with Crippen molar-refractivity contribution in [3.05, 3.63) is 0 Å². The van der Waals surface area contributed by atoms with Crippen molar-refractivity contribution < 1.29 is 9.53 Å². The summed E-state index contributed by atoms with van der Waals surface area (Å²) in [6.07, 6.45) is 3.64. The summed E-state index contributed by atoms with van der Waals surface area (Å²) in [6.45, 7) is 3.46. The molecule has 2 atom stereocenters. The quantitative estimate of drug-likeness (QED) is 0.781. The molecular weight excluding hydrogens is 204 g/mol. The van der Waals surface area contributed by atoms with Crippen LogP contribution in [0.3, 0.4) is 0 Å². The first-order chi connectivity index (χ1) is 7.68. The van der Waals surface area contributed by atoms with E-state index in [2.05, 4.69) is 11.4 Å². The van der Waals surface area contributed by atoms with E-state index in [4.69, 9.17) is 10.00 Å². The molecule has 2 fully saturated rings. The third-order valence-corrected chi connectivity index (χ3v) is 3.91. The van der Waals surface area contributed by atoms with E-state index in [0.717, 1.165) is 19.4 Å². The monoisotopic (exact) mass is 222 g/mol. The van der Waals surface area contributed by atoms with Crippen molar-refractivity contribution in [2.24, 2.45) is 11.3 Å². The number of carbonyl (C=O) groups is 1. The molecule has 0 radical (unpaired) electrons. The largest absolute Gasteiger partial charge is 0.378 e. The van der Waals surface area contributed by atoms with Gasteiger partial charge < -0.3 is 10.1 Å². The van der Waals surface area contributed by atoms with E-state index in [0.29, 0.717) is 25.3 Å². The van der Waals surface area contributed by atoms with Crippen LogP contribution in [0.15, 0.2) is 0 Å². The minimum Gasteiger partial charge on any atom is -0.378 e. The number of ether oxygens (including phenoxy) is 1. The summed E-state index contributed by atoms with van der Waals surface area (Å²) in [7, 11) is 0. The predicted molar refractivity (Wildman–Crippen MR) is 58.4 cm³/mol. The molecule has 4 nitrogen and oxygen atoms in total. The Labute approximate surface area is 96.0 Å². The summed E-state index contributed by atoms with van der Waals surface area (Å²) in [4.78, 5) is 11.9. The number of carbonyl (C=O) groups excluding carboxylic acids is 1. The first-order valence-corrected chi connectivity index (χ1v) is 5.99. The second-order valence-electron chi connectivity index (χ2n) is 4.88. The second-order valence-corrected chi connectivity index (χ2v) is 4.88. The number of hydrogen-bond acceptors (Lipinski definition) is 3. The lowest BCUT2D eigenvalue weighted by Crippen LogP contribution is -2.46. The number of rotatable bonds is 3. The number of amides is 1. The maximum atomic E-state index is 11.9. The van der Waals surface area contributed by atoms with Gasteiger partial charge in [-0.15, -0.1) is 0 Å². The normalized spacial score (nSPS) is 31.5. The van der Waals surface area contributed by atoms with Crippen molar-refractivity contribution in [1.29, 1.82) is 5.26 Å². The summed E-state index contributed by atoms with van der Waals surface area (Å²) in [5.41, 5.74) is -0.720. The van der Waals surface area contributed by atoms with Crippen LogP contribution in [0.1, 0.15) is 32.6 Å². The van der Waals surface area contributed by atoms with Crippen LogP contribution in [0.4, 0.5) is 0 Å². The van der Waals surface area contributed by atoms with Crippen LogP contribution in [0.25, 0.3) is 0 Å². The van der Waals surface area contributed by atoms with Gasteiger partial charge in [0, 0.05) is 19.1 Å². The fourth-order valence-electron chi connectivity index (χ4n) is 2.36. The van der Waals surface area contributed by atoms with Crippen molar-refractivity contribution >= 4 is 5.91 Å². The number of nitrogens with one attached hydrogen (secondary N) is 1. The molecule has 1 saturated heterocycles. The summed E-state index contributed by atoms with van der Waals surface area (Å²) in [5, 5.41) is 11.9. The zero-order valence-corrected chi connectivity index (χ0v) is 9.66. The summed E-state index contributed by atoms with van der Waals surface area (Å²) < 4.78 is 5.43. The van der Waals surface area contributed by atoms with Crippen molar-refractivity contribution in [3.63, 3.8) is 0 Å². The highest BCUT2D eigenvalue weighted by molar-refractivity contribution is 5.86. The lowest BCUT2D eigenvalue weighted by Gasteiger charge is -2.33. The maximum Gasteiger partial charge on any atom is 0.240 e. The van der Waals surface area contributed by atoms with E-state index in [1.54, 1.807) is 0 Å². The lowest BCUT2D eigenvalue weighted by molar-refractivity contribution is -0.132. The smallest absolute Gasteiger partial charge is 0.240 e. The molecule has 2 rings (SSSR count). The second kappa shape index (κ2) is 4.42. The average molecular weight is 222 g/mol. The molecule has 1 N–H and O–H groups in total. The van der Waals surface area contributed by atoms with Crippen molar-refractivity contribution in [1.82, 2.24) is 5.32 Å². The minimum absolute atomic E-state index is 0.0830. The predicted octanol–water partition coefficient (Wildman–Crippen LogP) is 1.22. The summed E-state index contributed by atoms with van der Waals surface area (Å²) in [6, 6.07) is 2.16. The Balaban J connectivity index is 1.82. The molecule has 4 heteroatoms. The van der Waals surface area contributed by atoms with Crippen molar-refractivity contribution in [3.8, 4) is 6.07 Å². The zero-order chi connectivity index (χ0) is 11.6. The van der Waals surface area contributed by atoms with Crippen molar-refractivity contribution in [2.75, 3.05) is 13.2 Å². The number of nitriles is 1. The van der Waals surface area contributed by atoms with E-state index in [-0.39, 0.29) is 12.0 Å². The first kappa shape index (κ1) is 11.4. The van der Waals surface area contributed by atoms with Crippen LogP contribution in [-0.4, -0.2) is 25.2 Å². The van der Waals surface area contributed by atoms with Gasteiger partial charge in [-0.05, 0) is 32.6 Å². The van der Waals surface area contributed by atoms with E-state index in [9.17, 15) is 4.79 Å². The van der Waals surface area contributed by atoms with E-state index in [1.807, 2.05) is 6.92 Å². The molecule has 88 valence electrons. The highest BCUT2D eigenvalue weighted by Crippen LogP contribution is 2.40. The van der Waals surface area contributed by atoms with Gasteiger partial charge in [0.1, 0.15) is 5.41 Å². The molecule has 1 saturated carbocycles. The fraction of sp³-hybridized carbons (Fsp3) is 0.833. The van der Waals surface area contributed by atoms with Crippen LogP contribution < -0.4 is 5.32 Å². The molecule has 1 amide bonds. The molecule has 0 bridgehead atoms. The third-order valence-electron chi connectivity index (χ3n) is 3.91. The van der Waals surface area contributed by atoms with Gasteiger partial charge in [0.2, 0.25) is 5.91 Å². The van der Waals surface area contributed by atoms with Gasteiger partial charge in [-0.25, -0.2) is 0 Å². The maximum absolute atomic E-state index is 11.9. The van der Waals surface area contributed by atoms with Gasteiger partial charge in [0.05, 0.1) is 12.2 Å². The standard InChI is InChI=1S/C12H18N2O2/c1-9-10(3-6-16-9)7-14-11(15)12(8-13)4-2-5-12/h9-10H,2-7H2,1H3,(H,14,15). The van der Waals surface area contributed by atoms with Gasteiger partial charge in [0.25, 0.3) is 0 Å². The number of hydrogen-bond donors (Lipinski definition) is 1. The van der Waals surface area contributed by atoms with Crippen LogP contribution in [0.2, 0.25) is 0 Å². The molecule has 1 heterocycles. The Morgan fingerprint density at radius 2 is 2.38 bits per heavy atom. The van der Waals surface area contributed by atoms with Gasteiger partial charge in [-0.3, -0.25) is 4.79 Å². The third kappa shape index (κ3) is 1.92. The minimum atomic E-state index is -0.720. The van der Waals surface area contributed by atoms with Crippen LogP contribution in [-0.2, 0) is 9.53 Å². The highest BCUT2D eigenvalue weighted by atomic mass is 16.5. The highest BCUT2D eigenvalue weighted by Gasteiger charge is 2.44. The zero-order valence-electron chi connectivity index (χ0n) is 9.66. The Hall–Kier alpha value is -1.08. The van der Waals surface area contributed by atoms with Crippen LogP contribution in [0, 0.1) is 22.7 Å². The van der Waals surface area contributed by atoms with Gasteiger partial charge in [0.15, 0.2) is 0 Å². The summed E-state index contributed by atoms with van der Waals surface area (Å²) >= 11 is 0. The molecule has 0 spiro atoms. The molecule has 2 aliphatic rings. The SMILES string of the molecule is CC1OCCC1CNC(=O)C1(C#N)CCC1. The Morgan fingerprint density at radius 1 is 1.62 bits per heavy atom. The molecular formula is C12H18N2O2. The van der Waals surface area contributed by atoms with Gasteiger partial charge >= 0.3 is 0 Å². The Bertz CT molecular complexity index is 317. The van der Waals surface area contributed by atoms with Crippen molar-refractivity contribution in [2.45, 2.75) is 38.7 Å². The fourth-order valence-corrected chi connectivity index (χ4v) is 2.36. The number of nitrogens with zero attached hydrogens (tertiary/aromatic N) is 1. The first-order valence-electron chi connectivity index (χ1n) is 5.99.